The summed E-state index contributed by atoms with van der Waals surface area (Å²) in [5.74, 6) is 4.11. The lowest BCUT2D eigenvalue weighted by molar-refractivity contribution is 0.451. The molecule has 96 valence electrons. The van der Waals surface area contributed by atoms with Crippen LogP contribution in [-0.4, -0.2) is 12.6 Å². The molecule has 2 nitrogen and oxygen atoms in total. The van der Waals surface area contributed by atoms with Crippen LogP contribution in [0.2, 0.25) is 0 Å². The highest BCUT2D eigenvalue weighted by Crippen LogP contribution is 2.65. The molecule has 1 aromatic rings. The van der Waals surface area contributed by atoms with Gasteiger partial charge in [0, 0.05) is 18.6 Å². The molecule has 5 unspecified atom stereocenters. The van der Waals surface area contributed by atoms with Crippen LogP contribution in [0.25, 0.3) is 0 Å². The normalized spacial score (nSPS) is 41.7. The summed E-state index contributed by atoms with van der Waals surface area (Å²) >= 11 is 0. The average molecular weight is 242 g/mol. The monoisotopic (exact) mass is 242 g/mol. The van der Waals surface area contributed by atoms with Gasteiger partial charge in [0.2, 0.25) is 0 Å². The molecule has 0 heterocycles. The first-order valence-corrected chi connectivity index (χ1v) is 7.38. The zero-order chi connectivity index (χ0) is 12.1. The molecule has 3 N–H and O–H groups in total. The minimum atomic E-state index is 0.144. The highest BCUT2D eigenvalue weighted by atomic mass is 15.0. The summed E-state index contributed by atoms with van der Waals surface area (Å²) in [6.07, 6.45) is 4.52. The summed E-state index contributed by atoms with van der Waals surface area (Å²) in [5.41, 5.74) is 7.49. The van der Waals surface area contributed by atoms with Crippen molar-refractivity contribution >= 4 is 0 Å². The minimum absolute atomic E-state index is 0.144. The molecule has 3 saturated carbocycles. The minimum Gasteiger partial charge on any atom is -0.323 e. The summed E-state index contributed by atoms with van der Waals surface area (Å²) in [5, 5.41) is 3.73. The summed E-state index contributed by atoms with van der Waals surface area (Å²) in [6, 6.07) is 11.4. The van der Waals surface area contributed by atoms with Gasteiger partial charge in [-0.05, 0) is 48.5 Å². The Kier molecular flexibility index (Phi) is 2.49. The number of benzene rings is 1. The second kappa shape index (κ2) is 4.07. The molecule has 1 aromatic carbocycles. The van der Waals surface area contributed by atoms with Crippen LogP contribution in [0.1, 0.15) is 30.9 Å². The lowest BCUT2D eigenvalue weighted by Gasteiger charge is -2.15. The molecular formula is C16H22N2. The molecule has 0 aliphatic heterocycles. The Labute approximate surface area is 109 Å². The fourth-order valence-electron chi connectivity index (χ4n) is 4.68. The third-order valence-electron chi connectivity index (χ3n) is 5.54. The standard InChI is InChI=1S/C16H22N2/c17-13(10-4-2-1-3-5-10)9-18-16-14-11-6-7-12(8-11)15(14)16/h1-5,11-16,18H,6-9,17H2. The smallest absolute Gasteiger partial charge is 0.0421 e. The van der Waals surface area contributed by atoms with Gasteiger partial charge in [-0.3, -0.25) is 0 Å². The van der Waals surface area contributed by atoms with E-state index in [1.54, 1.807) is 0 Å². The van der Waals surface area contributed by atoms with Gasteiger partial charge >= 0.3 is 0 Å². The summed E-state index contributed by atoms with van der Waals surface area (Å²) < 4.78 is 0. The van der Waals surface area contributed by atoms with Gasteiger partial charge in [0.25, 0.3) is 0 Å². The summed E-state index contributed by atoms with van der Waals surface area (Å²) in [7, 11) is 0. The van der Waals surface area contributed by atoms with Gasteiger partial charge in [0.05, 0.1) is 0 Å². The van der Waals surface area contributed by atoms with E-state index in [-0.39, 0.29) is 6.04 Å². The maximum Gasteiger partial charge on any atom is 0.0421 e. The van der Waals surface area contributed by atoms with Crippen molar-refractivity contribution in [1.82, 2.24) is 5.32 Å². The first-order chi connectivity index (χ1) is 8.84. The fraction of sp³-hybridized carbons (Fsp3) is 0.625. The van der Waals surface area contributed by atoms with E-state index < -0.39 is 0 Å². The van der Waals surface area contributed by atoms with Crippen LogP contribution in [0.4, 0.5) is 0 Å². The maximum atomic E-state index is 6.24. The molecule has 18 heavy (non-hydrogen) atoms. The van der Waals surface area contributed by atoms with Crippen LogP contribution in [0.5, 0.6) is 0 Å². The molecule has 3 aliphatic rings. The van der Waals surface area contributed by atoms with Crippen molar-refractivity contribution in [2.45, 2.75) is 31.3 Å². The van der Waals surface area contributed by atoms with Crippen molar-refractivity contribution < 1.29 is 0 Å². The van der Waals surface area contributed by atoms with Gasteiger partial charge in [0.15, 0.2) is 0 Å². The lowest BCUT2D eigenvalue weighted by Crippen LogP contribution is -2.31. The van der Waals surface area contributed by atoms with Gasteiger partial charge in [-0.1, -0.05) is 30.3 Å². The van der Waals surface area contributed by atoms with E-state index in [1.165, 1.54) is 24.8 Å². The number of hydrogen-bond acceptors (Lipinski definition) is 2. The van der Waals surface area contributed by atoms with Crippen molar-refractivity contribution in [2.75, 3.05) is 6.54 Å². The molecule has 0 amide bonds. The lowest BCUT2D eigenvalue weighted by atomic mass is 10.0. The Hall–Kier alpha value is -0.860. The molecular weight excluding hydrogens is 220 g/mol. The van der Waals surface area contributed by atoms with E-state index in [0.29, 0.717) is 0 Å². The van der Waals surface area contributed by atoms with Crippen LogP contribution in [-0.2, 0) is 0 Å². The summed E-state index contributed by atoms with van der Waals surface area (Å²) in [4.78, 5) is 0. The first kappa shape index (κ1) is 11.0. The van der Waals surface area contributed by atoms with Gasteiger partial charge in [-0.15, -0.1) is 0 Å². The fourth-order valence-corrected chi connectivity index (χ4v) is 4.68. The predicted molar refractivity (Wildman–Crippen MR) is 73.0 cm³/mol. The summed E-state index contributed by atoms with van der Waals surface area (Å²) in [6.45, 7) is 0.932. The number of hydrogen-bond donors (Lipinski definition) is 2. The van der Waals surface area contributed by atoms with Crippen LogP contribution in [0.3, 0.4) is 0 Å². The Bertz CT molecular complexity index is 414. The highest BCUT2D eigenvalue weighted by Gasteiger charge is 2.64. The van der Waals surface area contributed by atoms with Crippen LogP contribution < -0.4 is 11.1 Å². The predicted octanol–water partition coefficient (Wildman–Crippen LogP) is 2.32. The third kappa shape index (κ3) is 1.63. The van der Waals surface area contributed by atoms with Crippen LogP contribution >= 0.6 is 0 Å². The van der Waals surface area contributed by atoms with E-state index >= 15 is 0 Å². The van der Waals surface area contributed by atoms with Crippen molar-refractivity contribution in [3.63, 3.8) is 0 Å². The largest absolute Gasteiger partial charge is 0.323 e. The molecule has 2 heteroatoms. The number of nitrogens with two attached hydrogens (primary N) is 1. The van der Waals surface area contributed by atoms with E-state index in [2.05, 4.69) is 29.6 Å². The molecule has 0 spiro atoms. The SMILES string of the molecule is NC(CNC1C2C3CCC(C3)C12)c1ccccc1. The molecule has 2 bridgehead atoms. The molecule has 0 radical (unpaired) electrons. The highest BCUT2D eigenvalue weighted by molar-refractivity contribution is 5.20. The zero-order valence-corrected chi connectivity index (χ0v) is 10.8. The van der Waals surface area contributed by atoms with Crippen molar-refractivity contribution in [3.05, 3.63) is 35.9 Å². The molecule has 0 saturated heterocycles. The number of fused-ring (bicyclic) bond motifs is 5. The molecule has 3 fully saturated rings. The van der Waals surface area contributed by atoms with Crippen LogP contribution in [0, 0.1) is 23.7 Å². The molecule has 4 rings (SSSR count). The average Bonchev–Trinajstić information content (AvgIpc) is 2.81. The first-order valence-electron chi connectivity index (χ1n) is 7.38. The second-order valence-electron chi connectivity index (χ2n) is 6.44. The topological polar surface area (TPSA) is 38.0 Å². The molecule has 5 atom stereocenters. The number of nitrogens with one attached hydrogen (secondary N) is 1. The number of rotatable bonds is 4. The van der Waals surface area contributed by atoms with E-state index in [1.807, 2.05) is 6.07 Å². The Balaban J connectivity index is 1.33. The van der Waals surface area contributed by atoms with E-state index in [0.717, 1.165) is 36.3 Å². The van der Waals surface area contributed by atoms with Crippen LogP contribution in [0.15, 0.2) is 30.3 Å². The van der Waals surface area contributed by atoms with Gasteiger partial charge < -0.3 is 11.1 Å². The Morgan fingerprint density at radius 2 is 1.78 bits per heavy atom. The van der Waals surface area contributed by atoms with Gasteiger partial charge in [-0.2, -0.15) is 0 Å². The Morgan fingerprint density at radius 3 is 2.44 bits per heavy atom. The maximum absolute atomic E-state index is 6.24. The van der Waals surface area contributed by atoms with Gasteiger partial charge in [-0.25, -0.2) is 0 Å². The molecule has 3 aliphatic carbocycles. The molecule has 0 aromatic heterocycles. The van der Waals surface area contributed by atoms with Crippen molar-refractivity contribution in [3.8, 4) is 0 Å². The van der Waals surface area contributed by atoms with E-state index in [9.17, 15) is 0 Å². The van der Waals surface area contributed by atoms with Crippen molar-refractivity contribution in [1.29, 1.82) is 0 Å². The van der Waals surface area contributed by atoms with Gasteiger partial charge in [0.1, 0.15) is 0 Å². The van der Waals surface area contributed by atoms with Crippen molar-refractivity contribution in [2.24, 2.45) is 29.4 Å². The third-order valence-corrected chi connectivity index (χ3v) is 5.54. The zero-order valence-electron chi connectivity index (χ0n) is 10.8. The van der Waals surface area contributed by atoms with E-state index in [4.69, 9.17) is 5.73 Å². The Morgan fingerprint density at radius 1 is 1.11 bits per heavy atom. The second-order valence-corrected chi connectivity index (χ2v) is 6.44. The quantitative estimate of drug-likeness (QED) is 0.850.